The fraction of sp³-hybridized carbons (Fsp3) is 0.385. The van der Waals surface area contributed by atoms with Crippen LogP contribution in [0, 0.1) is 0 Å². The minimum absolute atomic E-state index is 0.0202. The Balaban J connectivity index is 2.40. The Morgan fingerprint density at radius 3 is 2.74 bits per heavy atom. The zero-order valence-corrected chi connectivity index (χ0v) is 13.0. The summed E-state index contributed by atoms with van der Waals surface area (Å²) >= 11 is 9.34. The summed E-state index contributed by atoms with van der Waals surface area (Å²) in [6.45, 7) is 3.63. The molecule has 0 bridgehead atoms. The van der Waals surface area contributed by atoms with Gasteiger partial charge in [0.15, 0.2) is 0 Å². The summed E-state index contributed by atoms with van der Waals surface area (Å²) < 4.78 is 0.755. The van der Waals surface area contributed by atoms with E-state index in [0.717, 1.165) is 4.47 Å². The number of carbonyl (C=O) groups is 2. The van der Waals surface area contributed by atoms with Crippen LogP contribution in [0.2, 0.25) is 5.02 Å². The van der Waals surface area contributed by atoms with Crippen molar-refractivity contribution in [2.45, 2.75) is 25.8 Å². The second kappa shape index (κ2) is 5.13. The third-order valence-corrected chi connectivity index (χ3v) is 4.59. The molecule has 1 N–H and O–H groups in total. The molecule has 2 amide bonds. The van der Waals surface area contributed by atoms with Gasteiger partial charge >= 0.3 is 0 Å². The predicted octanol–water partition coefficient (Wildman–Crippen LogP) is 2.73. The zero-order chi connectivity index (χ0) is 14.2. The smallest absolute Gasteiger partial charge is 0.252 e. The van der Waals surface area contributed by atoms with Crippen LogP contribution in [0.1, 0.15) is 20.3 Å². The molecule has 1 atom stereocenters. The van der Waals surface area contributed by atoms with Gasteiger partial charge in [0.25, 0.3) is 5.91 Å². The summed E-state index contributed by atoms with van der Waals surface area (Å²) in [5.41, 5.74) is -0.220. The van der Waals surface area contributed by atoms with Gasteiger partial charge in [-0.05, 0) is 47.5 Å². The van der Waals surface area contributed by atoms with Gasteiger partial charge in [0, 0.05) is 10.2 Å². The topological polar surface area (TPSA) is 49.4 Å². The first-order chi connectivity index (χ1) is 8.87. The van der Waals surface area contributed by atoms with Crippen molar-refractivity contribution in [3.63, 3.8) is 0 Å². The third kappa shape index (κ3) is 2.62. The number of anilines is 1. The normalized spacial score (nSPS) is 23.5. The van der Waals surface area contributed by atoms with Gasteiger partial charge in [-0.2, -0.15) is 0 Å². The van der Waals surface area contributed by atoms with Crippen molar-refractivity contribution in [1.29, 1.82) is 0 Å². The van der Waals surface area contributed by atoms with Gasteiger partial charge in [0.1, 0.15) is 12.1 Å². The molecule has 1 aromatic rings. The highest BCUT2D eigenvalue weighted by Gasteiger charge is 2.42. The van der Waals surface area contributed by atoms with Crippen molar-refractivity contribution in [2.75, 3.05) is 11.4 Å². The number of carbonyl (C=O) groups excluding carboxylic acids is 2. The van der Waals surface area contributed by atoms with Crippen LogP contribution in [-0.2, 0) is 9.59 Å². The molecule has 0 aliphatic carbocycles. The minimum Gasteiger partial charge on any atom is -0.340 e. The lowest BCUT2D eigenvalue weighted by Crippen LogP contribution is -2.65. The predicted molar refractivity (Wildman–Crippen MR) is 78.3 cm³/mol. The van der Waals surface area contributed by atoms with Crippen LogP contribution >= 0.6 is 27.5 Å². The highest BCUT2D eigenvalue weighted by atomic mass is 79.9. The van der Waals surface area contributed by atoms with Gasteiger partial charge < -0.3 is 10.2 Å². The molecule has 0 aromatic heterocycles. The van der Waals surface area contributed by atoms with Gasteiger partial charge in [-0.25, -0.2) is 0 Å². The first-order valence-corrected chi connectivity index (χ1v) is 7.12. The van der Waals surface area contributed by atoms with E-state index in [1.165, 1.54) is 4.90 Å². The maximum absolute atomic E-state index is 12.5. The molecule has 0 spiro atoms. The second-order valence-electron chi connectivity index (χ2n) is 4.72. The molecular weight excluding hydrogens is 332 g/mol. The fourth-order valence-corrected chi connectivity index (χ4v) is 2.44. The van der Waals surface area contributed by atoms with Crippen LogP contribution in [0.15, 0.2) is 22.7 Å². The summed E-state index contributed by atoms with van der Waals surface area (Å²) in [7, 11) is 0. The summed E-state index contributed by atoms with van der Waals surface area (Å²) in [4.78, 5) is 25.7. The molecule has 1 heterocycles. The van der Waals surface area contributed by atoms with E-state index in [4.69, 9.17) is 11.6 Å². The molecule has 4 nitrogen and oxygen atoms in total. The van der Waals surface area contributed by atoms with E-state index in [1.807, 2.05) is 6.92 Å². The van der Waals surface area contributed by atoms with Crippen LogP contribution in [-0.4, -0.2) is 23.9 Å². The fourth-order valence-electron chi connectivity index (χ4n) is 2.02. The van der Waals surface area contributed by atoms with Gasteiger partial charge in [-0.15, -0.1) is 0 Å². The lowest BCUT2D eigenvalue weighted by atomic mass is 9.94. The molecule has 2 rings (SSSR count). The van der Waals surface area contributed by atoms with Gasteiger partial charge in [0.2, 0.25) is 5.91 Å². The van der Waals surface area contributed by atoms with Crippen molar-refractivity contribution in [3.8, 4) is 0 Å². The monoisotopic (exact) mass is 344 g/mol. The summed E-state index contributed by atoms with van der Waals surface area (Å²) in [5.74, 6) is -0.281. The largest absolute Gasteiger partial charge is 0.340 e. The van der Waals surface area contributed by atoms with E-state index in [0.29, 0.717) is 17.1 Å². The molecule has 102 valence electrons. The molecule has 1 saturated heterocycles. The van der Waals surface area contributed by atoms with Crippen LogP contribution in [0.5, 0.6) is 0 Å². The molecule has 19 heavy (non-hydrogen) atoms. The maximum Gasteiger partial charge on any atom is 0.252 e. The molecule has 1 fully saturated rings. The maximum atomic E-state index is 12.5. The molecule has 0 saturated carbocycles. The van der Waals surface area contributed by atoms with Crippen LogP contribution < -0.4 is 10.2 Å². The molecule has 1 unspecified atom stereocenters. The SMILES string of the molecule is CCC1(C)NC(=O)CN(c2ccc(Br)c(Cl)c2)C1=O. The van der Waals surface area contributed by atoms with E-state index >= 15 is 0 Å². The Kier molecular flexibility index (Phi) is 3.87. The average molecular weight is 346 g/mol. The second-order valence-corrected chi connectivity index (χ2v) is 5.99. The Bertz CT molecular complexity index is 549. The molecule has 1 aliphatic rings. The number of amides is 2. The molecule has 6 heteroatoms. The first kappa shape index (κ1) is 14.3. The van der Waals surface area contributed by atoms with Crippen molar-refractivity contribution in [3.05, 3.63) is 27.7 Å². The van der Waals surface area contributed by atoms with Crippen LogP contribution in [0.4, 0.5) is 5.69 Å². The number of rotatable bonds is 2. The first-order valence-electron chi connectivity index (χ1n) is 5.95. The van der Waals surface area contributed by atoms with Crippen LogP contribution in [0.3, 0.4) is 0 Å². The minimum atomic E-state index is -0.852. The van der Waals surface area contributed by atoms with E-state index in [2.05, 4.69) is 21.2 Å². The number of hydrogen-bond acceptors (Lipinski definition) is 2. The molecule has 1 aliphatic heterocycles. The van der Waals surface area contributed by atoms with Gasteiger partial charge in [-0.3, -0.25) is 9.59 Å². The lowest BCUT2D eigenvalue weighted by molar-refractivity contribution is -0.135. The lowest BCUT2D eigenvalue weighted by Gasteiger charge is -2.39. The molecular formula is C13H14BrClN2O2. The molecule has 0 radical (unpaired) electrons. The van der Waals surface area contributed by atoms with E-state index in [9.17, 15) is 9.59 Å². The van der Waals surface area contributed by atoms with Crippen molar-refractivity contribution in [1.82, 2.24) is 5.32 Å². The summed E-state index contributed by atoms with van der Waals surface area (Å²) in [6.07, 6.45) is 0.540. The highest BCUT2D eigenvalue weighted by Crippen LogP contribution is 2.30. The zero-order valence-electron chi connectivity index (χ0n) is 10.7. The number of halogens is 2. The van der Waals surface area contributed by atoms with Gasteiger partial charge in [-0.1, -0.05) is 18.5 Å². The van der Waals surface area contributed by atoms with Crippen molar-refractivity contribution < 1.29 is 9.59 Å². The summed E-state index contributed by atoms with van der Waals surface area (Å²) in [5, 5.41) is 3.25. The third-order valence-electron chi connectivity index (χ3n) is 3.36. The number of piperazine rings is 1. The van der Waals surface area contributed by atoms with Crippen molar-refractivity contribution in [2.24, 2.45) is 0 Å². The highest BCUT2D eigenvalue weighted by molar-refractivity contribution is 9.10. The quantitative estimate of drug-likeness (QED) is 0.896. The standard InChI is InChI=1S/C13H14BrClN2O2/c1-3-13(2)12(19)17(7-11(18)16-13)8-4-5-9(14)10(15)6-8/h4-6H,3,7H2,1-2H3,(H,16,18). The van der Waals surface area contributed by atoms with E-state index in [-0.39, 0.29) is 18.4 Å². The van der Waals surface area contributed by atoms with Crippen molar-refractivity contribution >= 4 is 45.0 Å². The number of nitrogens with zero attached hydrogens (tertiary/aromatic N) is 1. The van der Waals surface area contributed by atoms with Gasteiger partial charge in [0.05, 0.1) is 5.02 Å². The van der Waals surface area contributed by atoms with Crippen LogP contribution in [0.25, 0.3) is 0 Å². The average Bonchev–Trinajstić information content (AvgIpc) is 2.37. The Morgan fingerprint density at radius 2 is 2.16 bits per heavy atom. The Hall–Kier alpha value is -1.07. The van der Waals surface area contributed by atoms with E-state index < -0.39 is 5.54 Å². The van der Waals surface area contributed by atoms with E-state index in [1.54, 1.807) is 25.1 Å². The Labute approximate surface area is 125 Å². The summed E-state index contributed by atoms with van der Waals surface area (Å²) in [6, 6.07) is 5.21. The Morgan fingerprint density at radius 1 is 1.47 bits per heavy atom. The number of nitrogens with one attached hydrogen (secondary N) is 1. The molecule has 1 aromatic carbocycles. The number of hydrogen-bond donors (Lipinski definition) is 1. The number of benzene rings is 1.